The van der Waals surface area contributed by atoms with Gasteiger partial charge in [0.05, 0.1) is 10.6 Å². The Balaban J connectivity index is 0.886. The zero-order valence-corrected chi connectivity index (χ0v) is 35.0. The molecule has 1 aliphatic heterocycles. The quantitative estimate of drug-likeness (QED) is 0.159. The molecule has 3 heteroatoms. The molecule has 0 amide bonds. The maximum Gasteiger partial charge on any atom is 0.128 e. The van der Waals surface area contributed by atoms with Crippen LogP contribution in [0.3, 0.4) is 0 Å². The average Bonchev–Trinajstić information content (AvgIpc) is 3.91. The normalized spacial score (nSPS) is 23.2. The molecule has 61 heavy (non-hydrogen) atoms. The molecule has 1 aromatic heterocycles. The van der Waals surface area contributed by atoms with Crippen molar-refractivity contribution >= 4 is 44.5 Å². The Bertz CT molecular complexity index is 3040. The number of hydrogen-bond donors (Lipinski definition) is 0. The van der Waals surface area contributed by atoms with Crippen LogP contribution in [0.15, 0.2) is 199 Å². The van der Waals surface area contributed by atoms with Gasteiger partial charge in [-0.2, -0.15) is 0 Å². The van der Waals surface area contributed by atoms with E-state index >= 15 is 0 Å². The van der Waals surface area contributed by atoms with Crippen LogP contribution < -0.4 is 19.4 Å². The molecule has 5 atom stereocenters. The standard InChI is InChI=1S/C58H47NOS/c1-2-11-42(12-3-1)49-18-9-19-52-53-20-10-21-54(58(53)61-57(49)52)59(46-34-29-43(30-35-46)48-17-8-14-41-13-4-5-15-47(41)48)45-32-27-39(28-33-45)38-23-25-40(26-24-38)44-31-36-51-50-16-6-7-22-55(50)60-56(51)37-44/h1-4,6-9,11-14,16-20,22-34,36-37,46-48,51,56H,5,10,15,21,35H2. The van der Waals surface area contributed by atoms with E-state index in [2.05, 4.69) is 199 Å². The molecule has 0 fully saturated rings. The smallest absolute Gasteiger partial charge is 0.128 e. The highest BCUT2D eigenvalue weighted by Gasteiger charge is 2.34. The molecule has 0 spiro atoms. The Morgan fingerprint density at radius 2 is 1.46 bits per heavy atom. The summed E-state index contributed by atoms with van der Waals surface area (Å²) in [6, 6.07) is 44.8. The molecule has 6 aliphatic rings. The van der Waals surface area contributed by atoms with Crippen molar-refractivity contribution in [2.45, 2.75) is 50.2 Å². The van der Waals surface area contributed by atoms with Crippen molar-refractivity contribution in [2.24, 2.45) is 11.8 Å². The second-order valence-corrected chi connectivity index (χ2v) is 18.3. The van der Waals surface area contributed by atoms with Gasteiger partial charge < -0.3 is 9.64 Å². The number of anilines is 1. The molecule has 2 heterocycles. The minimum absolute atomic E-state index is 0.0477. The number of benzene rings is 5. The fraction of sp³-hybridized carbons (Fsp3) is 0.172. The van der Waals surface area contributed by atoms with Crippen LogP contribution in [0.1, 0.15) is 49.1 Å². The molecule has 2 nitrogen and oxygen atoms in total. The van der Waals surface area contributed by atoms with E-state index in [4.69, 9.17) is 4.74 Å². The predicted molar refractivity (Wildman–Crippen MR) is 257 cm³/mol. The molecule has 5 unspecified atom stereocenters. The summed E-state index contributed by atoms with van der Waals surface area (Å²) in [6.07, 6.45) is 34.1. The Kier molecular flexibility index (Phi) is 9.10. The topological polar surface area (TPSA) is 12.5 Å². The van der Waals surface area contributed by atoms with Gasteiger partial charge in [-0.05, 0) is 112 Å². The predicted octanol–water partition coefficient (Wildman–Crippen LogP) is 13.3. The van der Waals surface area contributed by atoms with E-state index in [-0.39, 0.29) is 18.1 Å². The first kappa shape index (κ1) is 36.4. The summed E-state index contributed by atoms with van der Waals surface area (Å²) in [7, 11) is 0. The van der Waals surface area contributed by atoms with E-state index in [1.807, 2.05) is 11.3 Å². The van der Waals surface area contributed by atoms with Crippen molar-refractivity contribution in [1.82, 2.24) is 0 Å². The van der Waals surface area contributed by atoms with Crippen LogP contribution in [0.2, 0.25) is 0 Å². The third kappa shape index (κ3) is 6.46. The molecule has 296 valence electrons. The first-order chi connectivity index (χ1) is 30.2. The summed E-state index contributed by atoms with van der Waals surface area (Å²) in [6.45, 7) is 0. The number of para-hydroxylation sites is 1. The van der Waals surface area contributed by atoms with E-state index < -0.39 is 0 Å². The summed E-state index contributed by atoms with van der Waals surface area (Å²) in [5, 5.41) is 2.77. The van der Waals surface area contributed by atoms with Crippen molar-refractivity contribution in [3.8, 4) is 28.0 Å². The number of rotatable bonds is 7. The monoisotopic (exact) mass is 805 g/mol. The minimum atomic E-state index is 0.0477. The highest BCUT2D eigenvalue weighted by molar-refractivity contribution is 7.17. The number of nitrogens with zero attached hydrogens (tertiary/aromatic N) is 1. The van der Waals surface area contributed by atoms with Crippen LogP contribution in [0, 0.1) is 11.8 Å². The molecule has 0 saturated carbocycles. The summed E-state index contributed by atoms with van der Waals surface area (Å²) < 4.78 is 9.13. The first-order valence-corrected chi connectivity index (χ1v) is 22.9. The van der Waals surface area contributed by atoms with Gasteiger partial charge in [0.15, 0.2) is 0 Å². The second kappa shape index (κ2) is 15.2. The Labute approximate surface area is 362 Å². The molecule has 6 aromatic rings. The number of ether oxygens (including phenoxy) is 1. The SMILES string of the molecule is C1=CC(C2=CCC(N(C3=c4sc5c(-c6ccccc6)cccc5c4=CCC3)c3ccc(-c4ccc(C5=CC6Oc7ccccc7C6C=C5)cc4)cc3)C=C2)C2CCC=CC2=C1. The maximum atomic E-state index is 6.34. The lowest BCUT2D eigenvalue weighted by Gasteiger charge is -2.37. The van der Waals surface area contributed by atoms with Crippen LogP contribution in [0.25, 0.3) is 49.7 Å². The third-order valence-electron chi connectivity index (χ3n) is 13.8. The van der Waals surface area contributed by atoms with E-state index in [0.717, 1.165) is 25.0 Å². The van der Waals surface area contributed by atoms with Gasteiger partial charge in [0.2, 0.25) is 0 Å². The van der Waals surface area contributed by atoms with E-state index in [1.165, 1.54) is 94.2 Å². The second-order valence-electron chi connectivity index (χ2n) is 17.2. The molecule has 0 saturated heterocycles. The van der Waals surface area contributed by atoms with Crippen LogP contribution in [0.5, 0.6) is 5.75 Å². The van der Waals surface area contributed by atoms with Crippen molar-refractivity contribution < 1.29 is 4.74 Å². The molecule has 12 rings (SSSR count). The van der Waals surface area contributed by atoms with E-state index in [9.17, 15) is 0 Å². The average molecular weight is 806 g/mol. The summed E-state index contributed by atoms with van der Waals surface area (Å²) in [5.41, 5.74) is 14.4. The van der Waals surface area contributed by atoms with Crippen molar-refractivity contribution in [3.05, 3.63) is 220 Å². The zero-order valence-electron chi connectivity index (χ0n) is 34.2. The largest absolute Gasteiger partial charge is 0.485 e. The van der Waals surface area contributed by atoms with Crippen LogP contribution >= 0.6 is 11.3 Å². The van der Waals surface area contributed by atoms with Gasteiger partial charge in [-0.1, -0.05) is 170 Å². The molecule has 0 radical (unpaired) electrons. The lowest BCUT2D eigenvalue weighted by molar-refractivity contribution is 0.269. The molecule has 0 bridgehead atoms. The van der Waals surface area contributed by atoms with Crippen molar-refractivity contribution in [3.63, 3.8) is 0 Å². The maximum absolute atomic E-state index is 6.34. The third-order valence-corrected chi connectivity index (χ3v) is 15.1. The van der Waals surface area contributed by atoms with Crippen LogP contribution in [-0.4, -0.2) is 12.1 Å². The van der Waals surface area contributed by atoms with Crippen LogP contribution in [-0.2, 0) is 0 Å². The lowest BCUT2D eigenvalue weighted by Crippen LogP contribution is -2.40. The molecular formula is C58H47NOS. The molecule has 5 aromatic carbocycles. The Morgan fingerprint density at radius 3 is 2.31 bits per heavy atom. The lowest BCUT2D eigenvalue weighted by atomic mass is 9.72. The fourth-order valence-electron chi connectivity index (χ4n) is 10.7. The molecule has 0 N–H and O–H groups in total. The van der Waals surface area contributed by atoms with E-state index in [0.29, 0.717) is 11.8 Å². The Hall–Kier alpha value is -6.42. The van der Waals surface area contributed by atoms with Gasteiger partial charge in [-0.25, -0.2) is 0 Å². The number of fused-ring (bicyclic) bond motifs is 7. The van der Waals surface area contributed by atoms with Crippen molar-refractivity contribution in [1.29, 1.82) is 0 Å². The van der Waals surface area contributed by atoms with Gasteiger partial charge in [0, 0.05) is 38.9 Å². The Morgan fingerprint density at radius 1 is 0.639 bits per heavy atom. The first-order valence-electron chi connectivity index (χ1n) is 22.1. The number of hydrogen-bond acceptors (Lipinski definition) is 3. The van der Waals surface area contributed by atoms with Gasteiger partial charge in [0.1, 0.15) is 11.9 Å². The minimum Gasteiger partial charge on any atom is -0.485 e. The molecule has 5 aliphatic carbocycles. The van der Waals surface area contributed by atoms with Gasteiger partial charge in [0.25, 0.3) is 0 Å². The number of allylic oxidation sites excluding steroid dienone is 10. The molecular weight excluding hydrogens is 759 g/mol. The summed E-state index contributed by atoms with van der Waals surface area (Å²) >= 11 is 1.98. The zero-order chi connectivity index (χ0) is 40.3. The van der Waals surface area contributed by atoms with Gasteiger partial charge in [-0.3, -0.25) is 0 Å². The van der Waals surface area contributed by atoms with Crippen LogP contribution in [0.4, 0.5) is 5.69 Å². The van der Waals surface area contributed by atoms with E-state index in [1.54, 1.807) is 0 Å². The summed E-state index contributed by atoms with van der Waals surface area (Å²) in [4.78, 5) is 2.68. The van der Waals surface area contributed by atoms with Gasteiger partial charge >= 0.3 is 0 Å². The highest BCUT2D eigenvalue weighted by Crippen LogP contribution is 2.44. The highest BCUT2D eigenvalue weighted by atomic mass is 32.1. The van der Waals surface area contributed by atoms with Gasteiger partial charge in [-0.15, -0.1) is 11.3 Å². The number of thiophene rings is 1. The van der Waals surface area contributed by atoms with Crippen molar-refractivity contribution in [2.75, 3.05) is 4.90 Å². The fourth-order valence-corrected chi connectivity index (χ4v) is 12.1. The summed E-state index contributed by atoms with van der Waals surface area (Å²) in [5.74, 6) is 2.31.